The van der Waals surface area contributed by atoms with Gasteiger partial charge in [0, 0.05) is 23.1 Å². The molecule has 0 spiro atoms. The van der Waals surface area contributed by atoms with E-state index in [-0.39, 0.29) is 17.8 Å². The molecule has 0 atom stereocenters. The van der Waals surface area contributed by atoms with Crippen molar-refractivity contribution in [2.75, 3.05) is 6.61 Å². The third kappa shape index (κ3) is 2.74. The van der Waals surface area contributed by atoms with Gasteiger partial charge in [0.05, 0.1) is 5.39 Å². The Labute approximate surface area is 145 Å². The van der Waals surface area contributed by atoms with Gasteiger partial charge in [0.2, 0.25) is 0 Å². The van der Waals surface area contributed by atoms with Crippen LogP contribution in [0.4, 0.5) is 0 Å². The summed E-state index contributed by atoms with van der Waals surface area (Å²) in [5, 5.41) is 0.583. The summed E-state index contributed by atoms with van der Waals surface area (Å²) in [6.45, 7) is 1.81. The lowest BCUT2D eigenvalue weighted by Crippen LogP contribution is -2.13. The molecule has 25 heavy (non-hydrogen) atoms. The Morgan fingerprint density at radius 1 is 1.12 bits per heavy atom. The zero-order valence-electron chi connectivity index (χ0n) is 14.0. The number of carbonyl (C=O) groups excluding carboxylic acids is 1. The fraction of sp³-hybridized carbons (Fsp3) is 0.238. The lowest BCUT2D eigenvalue weighted by molar-refractivity contribution is 0.0921. The highest BCUT2D eigenvalue weighted by atomic mass is 16.5. The van der Waals surface area contributed by atoms with Crippen molar-refractivity contribution in [1.82, 2.24) is 0 Å². The van der Waals surface area contributed by atoms with Crippen LogP contribution in [0.3, 0.4) is 0 Å². The zero-order chi connectivity index (χ0) is 17.4. The normalized spacial score (nSPS) is 13.0. The van der Waals surface area contributed by atoms with Crippen molar-refractivity contribution >= 4 is 16.8 Å². The number of fused-ring (bicyclic) bond motifs is 2. The molecular weight excluding hydrogens is 316 g/mol. The summed E-state index contributed by atoms with van der Waals surface area (Å²) in [5.41, 5.74) is 2.80. The molecule has 2 aromatic carbocycles. The maximum Gasteiger partial charge on any atom is 0.200 e. The Balaban J connectivity index is 1.65. The molecular formula is C21H18O4. The fourth-order valence-electron chi connectivity index (χ4n) is 3.35. The molecule has 0 fully saturated rings. The number of aryl methyl sites for hydroxylation is 2. The first-order valence-electron chi connectivity index (χ1n) is 8.44. The summed E-state index contributed by atoms with van der Waals surface area (Å²) in [6, 6.07) is 12.5. The van der Waals surface area contributed by atoms with Crippen LogP contribution in [0.5, 0.6) is 5.75 Å². The first kappa shape index (κ1) is 15.6. The molecule has 0 N–H and O–H groups in total. The highest BCUT2D eigenvalue weighted by Crippen LogP contribution is 2.30. The fourth-order valence-corrected chi connectivity index (χ4v) is 3.35. The maximum atomic E-state index is 12.6. The van der Waals surface area contributed by atoms with Gasteiger partial charge in [-0.1, -0.05) is 30.3 Å². The van der Waals surface area contributed by atoms with Crippen molar-refractivity contribution in [2.45, 2.75) is 26.2 Å². The van der Waals surface area contributed by atoms with Gasteiger partial charge < -0.3 is 9.15 Å². The Morgan fingerprint density at radius 2 is 1.92 bits per heavy atom. The molecule has 1 aliphatic rings. The first-order valence-corrected chi connectivity index (χ1v) is 8.44. The van der Waals surface area contributed by atoms with Crippen LogP contribution in [0.15, 0.2) is 51.7 Å². The quantitative estimate of drug-likeness (QED) is 0.680. The molecule has 4 heteroatoms. The maximum absolute atomic E-state index is 12.6. The van der Waals surface area contributed by atoms with Crippen LogP contribution in [0, 0.1) is 6.92 Å². The van der Waals surface area contributed by atoms with E-state index in [9.17, 15) is 9.59 Å². The average Bonchev–Trinajstić information content (AvgIpc) is 3.11. The Hall–Kier alpha value is -2.88. The second-order valence-electron chi connectivity index (χ2n) is 6.33. The molecule has 0 unspecified atom stereocenters. The molecule has 0 amide bonds. The molecule has 1 aromatic heterocycles. The highest BCUT2D eigenvalue weighted by molar-refractivity contribution is 5.97. The van der Waals surface area contributed by atoms with Crippen molar-refractivity contribution in [3.05, 3.63) is 75.1 Å². The summed E-state index contributed by atoms with van der Waals surface area (Å²) in [4.78, 5) is 24.8. The predicted octanol–water partition coefficient (Wildman–Crippen LogP) is 3.85. The monoisotopic (exact) mass is 334 g/mol. The smallest absolute Gasteiger partial charge is 0.200 e. The lowest BCUT2D eigenvalue weighted by Gasteiger charge is -2.11. The summed E-state index contributed by atoms with van der Waals surface area (Å²) >= 11 is 0. The predicted molar refractivity (Wildman–Crippen MR) is 95.5 cm³/mol. The van der Waals surface area contributed by atoms with Crippen molar-refractivity contribution in [1.29, 1.82) is 0 Å². The van der Waals surface area contributed by atoms with Gasteiger partial charge in [0.25, 0.3) is 0 Å². The number of ether oxygens (including phenoxy) is 1. The summed E-state index contributed by atoms with van der Waals surface area (Å²) in [7, 11) is 0. The van der Waals surface area contributed by atoms with Crippen molar-refractivity contribution < 1.29 is 13.9 Å². The molecule has 0 bridgehead atoms. The first-order chi connectivity index (χ1) is 12.1. The van der Waals surface area contributed by atoms with Gasteiger partial charge >= 0.3 is 0 Å². The van der Waals surface area contributed by atoms with E-state index in [1.807, 2.05) is 25.1 Å². The number of ketones is 1. The van der Waals surface area contributed by atoms with E-state index in [0.717, 1.165) is 36.1 Å². The molecule has 1 aliphatic carbocycles. The number of Topliss-reactive ketones (excluding diaryl/α,β-unsaturated/α-hetero) is 1. The van der Waals surface area contributed by atoms with Gasteiger partial charge in [0.1, 0.15) is 17.1 Å². The van der Waals surface area contributed by atoms with Crippen LogP contribution in [-0.2, 0) is 12.8 Å². The number of hydrogen-bond acceptors (Lipinski definition) is 4. The lowest BCUT2D eigenvalue weighted by atomic mass is 10.1. The topological polar surface area (TPSA) is 56.5 Å². The van der Waals surface area contributed by atoms with Crippen LogP contribution in [0.1, 0.15) is 33.7 Å². The van der Waals surface area contributed by atoms with E-state index >= 15 is 0 Å². The number of hydrogen-bond donors (Lipinski definition) is 0. The minimum atomic E-state index is -0.0875. The third-order valence-electron chi connectivity index (χ3n) is 4.72. The largest absolute Gasteiger partial charge is 0.485 e. The third-order valence-corrected chi connectivity index (χ3v) is 4.72. The molecule has 0 saturated carbocycles. The Kier molecular flexibility index (Phi) is 3.88. The van der Waals surface area contributed by atoms with E-state index in [0.29, 0.717) is 22.3 Å². The molecule has 126 valence electrons. The number of benzene rings is 2. The van der Waals surface area contributed by atoms with Crippen LogP contribution in [-0.4, -0.2) is 12.4 Å². The summed E-state index contributed by atoms with van der Waals surface area (Å²) < 4.78 is 11.7. The molecule has 4 rings (SSSR count). The number of rotatable bonds is 4. The number of carbonyl (C=O) groups is 1. The van der Waals surface area contributed by atoms with Crippen molar-refractivity contribution in [2.24, 2.45) is 0 Å². The summed E-state index contributed by atoms with van der Waals surface area (Å²) in [5.74, 6) is 1.27. The van der Waals surface area contributed by atoms with E-state index in [4.69, 9.17) is 9.15 Å². The minimum Gasteiger partial charge on any atom is -0.485 e. The highest BCUT2D eigenvalue weighted by Gasteiger charge is 2.21. The molecule has 4 nitrogen and oxygen atoms in total. The second-order valence-corrected chi connectivity index (χ2v) is 6.33. The van der Waals surface area contributed by atoms with Crippen LogP contribution >= 0.6 is 0 Å². The van der Waals surface area contributed by atoms with Crippen molar-refractivity contribution in [3.8, 4) is 5.75 Å². The second kappa shape index (κ2) is 6.20. The van der Waals surface area contributed by atoms with E-state index in [2.05, 4.69) is 0 Å². The molecule has 1 heterocycles. The van der Waals surface area contributed by atoms with Gasteiger partial charge in [-0.2, -0.15) is 0 Å². The standard InChI is InChI=1S/C21H18O4/c1-13-18(24-12-17(22)14-6-3-2-4-7-14)11-10-16-20(23)15-8-5-9-19(15)25-21(13)16/h2-4,6-7,10-11H,5,8-9,12H2,1H3. The van der Waals surface area contributed by atoms with Gasteiger partial charge in [-0.15, -0.1) is 0 Å². The summed E-state index contributed by atoms with van der Waals surface area (Å²) in [6.07, 6.45) is 2.55. The van der Waals surface area contributed by atoms with Crippen molar-refractivity contribution in [3.63, 3.8) is 0 Å². The van der Waals surface area contributed by atoms with Gasteiger partial charge in [0.15, 0.2) is 17.8 Å². The molecule has 0 saturated heterocycles. The molecule has 3 aromatic rings. The van der Waals surface area contributed by atoms with Crippen LogP contribution in [0.25, 0.3) is 11.0 Å². The molecule has 0 aliphatic heterocycles. The van der Waals surface area contributed by atoms with Gasteiger partial charge in [-0.3, -0.25) is 9.59 Å². The minimum absolute atomic E-state index is 0.0501. The van der Waals surface area contributed by atoms with Crippen LogP contribution in [0.2, 0.25) is 0 Å². The van der Waals surface area contributed by atoms with E-state index < -0.39 is 0 Å². The molecule has 0 radical (unpaired) electrons. The van der Waals surface area contributed by atoms with Crippen LogP contribution < -0.4 is 10.2 Å². The zero-order valence-corrected chi connectivity index (χ0v) is 14.0. The Bertz CT molecular complexity index is 1020. The SMILES string of the molecule is Cc1c(OCC(=O)c2ccccc2)ccc2c(=O)c3c(oc12)CCC3. The van der Waals surface area contributed by atoms with Gasteiger partial charge in [-0.25, -0.2) is 0 Å². The average molecular weight is 334 g/mol. The van der Waals surface area contributed by atoms with E-state index in [1.165, 1.54) is 0 Å². The van der Waals surface area contributed by atoms with E-state index in [1.54, 1.807) is 24.3 Å². The Morgan fingerprint density at radius 3 is 2.72 bits per heavy atom. The van der Waals surface area contributed by atoms with Gasteiger partial charge in [-0.05, 0) is 31.9 Å².